The van der Waals surface area contributed by atoms with Crippen molar-refractivity contribution in [1.29, 1.82) is 0 Å². The quantitative estimate of drug-likeness (QED) is 0.745. The summed E-state index contributed by atoms with van der Waals surface area (Å²) in [5.41, 5.74) is 1.86. The third-order valence-electron chi connectivity index (χ3n) is 3.16. The Labute approximate surface area is 93.8 Å². The Hall–Kier alpha value is -0.310. The van der Waals surface area contributed by atoms with Gasteiger partial charge >= 0.3 is 0 Å². The van der Waals surface area contributed by atoms with E-state index >= 15 is 0 Å². The van der Waals surface area contributed by atoms with Gasteiger partial charge in [-0.25, -0.2) is 0 Å². The summed E-state index contributed by atoms with van der Waals surface area (Å²) in [6.45, 7) is 2.39. The van der Waals surface area contributed by atoms with Crippen molar-refractivity contribution in [2.75, 3.05) is 0 Å². The molecule has 0 aliphatic heterocycles. The number of aromatic nitrogens is 2. The highest BCUT2D eigenvalue weighted by atomic mass is 79.9. The summed E-state index contributed by atoms with van der Waals surface area (Å²) in [6.07, 6.45) is 9.24. The van der Waals surface area contributed by atoms with Crippen molar-refractivity contribution in [3.8, 4) is 0 Å². The van der Waals surface area contributed by atoms with E-state index in [-0.39, 0.29) is 0 Å². The molecule has 3 heteroatoms. The Morgan fingerprint density at radius 2 is 2.50 bits per heavy atom. The van der Waals surface area contributed by atoms with Crippen molar-refractivity contribution < 1.29 is 0 Å². The van der Waals surface area contributed by atoms with Crippen LogP contribution in [0.4, 0.5) is 0 Å². The standard InChI is InChI=1S/C11H17BrN2/c1-11(4-3-10(12)6-11)5-9-7-13-14(2)8-9/h7-8,10H,3-6H2,1-2H3. The highest BCUT2D eigenvalue weighted by Crippen LogP contribution is 2.43. The van der Waals surface area contributed by atoms with E-state index in [1.54, 1.807) is 0 Å². The van der Waals surface area contributed by atoms with E-state index in [0.29, 0.717) is 5.41 Å². The fraction of sp³-hybridized carbons (Fsp3) is 0.727. The molecule has 2 atom stereocenters. The van der Waals surface area contributed by atoms with E-state index in [2.05, 4.69) is 34.1 Å². The summed E-state index contributed by atoms with van der Waals surface area (Å²) in [4.78, 5) is 0.726. The van der Waals surface area contributed by atoms with Crippen LogP contribution in [0.1, 0.15) is 31.7 Å². The van der Waals surface area contributed by atoms with Crippen molar-refractivity contribution in [1.82, 2.24) is 9.78 Å². The maximum Gasteiger partial charge on any atom is 0.0521 e. The van der Waals surface area contributed by atoms with Crippen LogP contribution >= 0.6 is 15.9 Å². The summed E-state index contributed by atoms with van der Waals surface area (Å²) >= 11 is 3.71. The molecule has 2 rings (SSSR count). The molecular weight excluding hydrogens is 240 g/mol. The van der Waals surface area contributed by atoms with Gasteiger partial charge in [-0.05, 0) is 36.7 Å². The highest BCUT2D eigenvalue weighted by Gasteiger charge is 2.33. The van der Waals surface area contributed by atoms with Crippen LogP contribution in [-0.4, -0.2) is 14.6 Å². The van der Waals surface area contributed by atoms with Gasteiger partial charge < -0.3 is 0 Å². The van der Waals surface area contributed by atoms with E-state index < -0.39 is 0 Å². The van der Waals surface area contributed by atoms with Gasteiger partial charge in [-0.3, -0.25) is 4.68 Å². The van der Waals surface area contributed by atoms with Gasteiger partial charge in [0.25, 0.3) is 0 Å². The molecule has 0 bridgehead atoms. The first-order valence-corrected chi connectivity index (χ1v) is 6.11. The number of rotatable bonds is 2. The van der Waals surface area contributed by atoms with Crippen LogP contribution in [0.3, 0.4) is 0 Å². The number of aryl methyl sites for hydroxylation is 1. The predicted molar refractivity (Wildman–Crippen MR) is 61.6 cm³/mol. The van der Waals surface area contributed by atoms with Gasteiger partial charge in [0, 0.05) is 18.1 Å². The molecule has 2 unspecified atom stereocenters. The van der Waals surface area contributed by atoms with E-state index in [0.717, 1.165) is 4.83 Å². The zero-order chi connectivity index (χ0) is 10.2. The van der Waals surface area contributed by atoms with Gasteiger partial charge in [-0.15, -0.1) is 0 Å². The summed E-state index contributed by atoms with van der Waals surface area (Å²) in [5.74, 6) is 0. The average Bonchev–Trinajstić information content (AvgIpc) is 2.60. The molecule has 14 heavy (non-hydrogen) atoms. The molecule has 78 valence electrons. The molecule has 1 aromatic rings. The summed E-state index contributed by atoms with van der Waals surface area (Å²) < 4.78 is 1.89. The fourth-order valence-electron chi connectivity index (χ4n) is 2.46. The number of halogens is 1. The third-order valence-corrected chi connectivity index (χ3v) is 3.95. The monoisotopic (exact) mass is 256 g/mol. The molecule has 0 radical (unpaired) electrons. The molecule has 0 saturated heterocycles. The van der Waals surface area contributed by atoms with Gasteiger partial charge in [0.15, 0.2) is 0 Å². The Bertz CT molecular complexity index is 321. The van der Waals surface area contributed by atoms with Crippen LogP contribution < -0.4 is 0 Å². The molecule has 1 saturated carbocycles. The Morgan fingerprint density at radius 1 is 1.71 bits per heavy atom. The lowest BCUT2D eigenvalue weighted by Crippen LogP contribution is -2.15. The van der Waals surface area contributed by atoms with Gasteiger partial charge in [0.2, 0.25) is 0 Å². The second-order valence-electron chi connectivity index (χ2n) is 4.85. The van der Waals surface area contributed by atoms with E-state index in [9.17, 15) is 0 Å². The number of alkyl halides is 1. The minimum atomic E-state index is 0.483. The van der Waals surface area contributed by atoms with E-state index in [1.165, 1.54) is 31.2 Å². The maximum absolute atomic E-state index is 4.21. The van der Waals surface area contributed by atoms with Crippen molar-refractivity contribution in [2.45, 2.75) is 37.4 Å². The minimum Gasteiger partial charge on any atom is -0.276 e. The Morgan fingerprint density at radius 3 is 3.00 bits per heavy atom. The van der Waals surface area contributed by atoms with Gasteiger partial charge in [0.05, 0.1) is 6.20 Å². The van der Waals surface area contributed by atoms with Crippen LogP contribution in [0.5, 0.6) is 0 Å². The van der Waals surface area contributed by atoms with Crippen LogP contribution in [-0.2, 0) is 13.5 Å². The smallest absolute Gasteiger partial charge is 0.0521 e. The SMILES string of the molecule is Cn1cc(CC2(C)CCC(Br)C2)cn1. The average molecular weight is 257 g/mol. The number of hydrogen-bond acceptors (Lipinski definition) is 1. The molecule has 0 aromatic carbocycles. The first kappa shape index (κ1) is 10.2. The number of nitrogens with zero attached hydrogens (tertiary/aromatic N) is 2. The van der Waals surface area contributed by atoms with Gasteiger partial charge in [0.1, 0.15) is 0 Å². The van der Waals surface area contributed by atoms with Gasteiger partial charge in [-0.2, -0.15) is 5.10 Å². The normalized spacial score (nSPS) is 32.4. The Balaban J connectivity index is 2.03. The fourth-order valence-corrected chi connectivity index (χ4v) is 3.47. The summed E-state index contributed by atoms with van der Waals surface area (Å²) in [6, 6.07) is 0. The maximum atomic E-state index is 4.21. The van der Waals surface area contributed by atoms with E-state index in [1.807, 2.05) is 17.9 Å². The lowest BCUT2D eigenvalue weighted by molar-refractivity contribution is 0.336. The predicted octanol–water partition coefficient (Wildman–Crippen LogP) is 2.92. The van der Waals surface area contributed by atoms with Crippen LogP contribution in [0.15, 0.2) is 12.4 Å². The molecular formula is C11H17BrN2. The Kier molecular flexibility index (Phi) is 2.69. The molecule has 1 aliphatic rings. The van der Waals surface area contributed by atoms with Crippen molar-refractivity contribution >= 4 is 15.9 Å². The van der Waals surface area contributed by atoms with Crippen LogP contribution in [0, 0.1) is 5.41 Å². The second-order valence-corrected chi connectivity index (χ2v) is 6.14. The first-order valence-electron chi connectivity index (χ1n) is 5.19. The zero-order valence-corrected chi connectivity index (χ0v) is 10.4. The van der Waals surface area contributed by atoms with E-state index in [4.69, 9.17) is 0 Å². The molecule has 1 heterocycles. The third kappa shape index (κ3) is 2.19. The molecule has 0 spiro atoms. The largest absolute Gasteiger partial charge is 0.276 e. The molecule has 2 nitrogen and oxygen atoms in total. The molecule has 1 aliphatic carbocycles. The van der Waals surface area contributed by atoms with Crippen LogP contribution in [0.2, 0.25) is 0 Å². The topological polar surface area (TPSA) is 17.8 Å². The molecule has 1 fully saturated rings. The zero-order valence-electron chi connectivity index (χ0n) is 8.83. The second kappa shape index (κ2) is 3.69. The molecule has 0 amide bonds. The summed E-state index contributed by atoms with van der Waals surface area (Å²) in [5, 5.41) is 4.21. The first-order chi connectivity index (χ1) is 6.57. The highest BCUT2D eigenvalue weighted by molar-refractivity contribution is 9.09. The van der Waals surface area contributed by atoms with Crippen LogP contribution in [0.25, 0.3) is 0 Å². The molecule has 0 N–H and O–H groups in total. The molecule has 1 aromatic heterocycles. The van der Waals surface area contributed by atoms with Crippen molar-refractivity contribution in [3.63, 3.8) is 0 Å². The lowest BCUT2D eigenvalue weighted by atomic mass is 9.83. The van der Waals surface area contributed by atoms with Crippen molar-refractivity contribution in [3.05, 3.63) is 18.0 Å². The number of hydrogen-bond donors (Lipinski definition) is 0. The van der Waals surface area contributed by atoms with Gasteiger partial charge in [-0.1, -0.05) is 22.9 Å². The minimum absolute atomic E-state index is 0.483. The summed E-state index contributed by atoms with van der Waals surface area (Å²) in [7, 11) is 1.98. The van der Waals surface area contributed by atoms with Crippen molar-refractivity contribution in [2.24, 2.45) is 12.5 Å². The lowest BCUT2D eigenvalue weighted by Gasteiger charge is -2.22.